The molecule has 0 amide bonds. The topological polar surface area (TPSA) is 0 Å². The maximum absolute atomic E-state index is 2.35. The highest BCUT2D eigenvalue weighted by Crippen LogP contribution is 2.44. The summed E-state index contributed by atoms with van der Waals surface area (Å²) in [6, 6.07) is 51.3. The van der Waals surface area contributed by atoms with Gasteiger partial charge >= 0.3 is 0 Å². The largest absolute Gasteiger partial charge is 0.0836 e. The molecule has 8 rings (SSSR count). The SMILES string of the molecule is C1=CC(c2cccc(-c3ccc(-c4c5ccccc5c(-c5ccc6ccccc6c5)c5ccccc45)cc3)c2)=CCC1. The number of benzene rings is 7. The number of allylic oxidation sites excluding steroid dienone is 4. The highest BCUT2D eigenvalue weighted by Gasteiger charge is 2.17. The summed E-state index contributed by atoms with van der Waals surface area (Å²) in [5.74, 6) is 0. The molecule has 0 radical (unpaired) electrons. The molecule has 42 heavy (non-hydrogen) atoms. The van der Waals surface area contributed by atoms with Gasteiger partial charge in [0.1, 0.15) is 0 Å². The van der Waals surface area contributed by atoms with Gasteiger partial charge in [0.25, 0.3) is 0 Å². The smallest absolute Gasteiger partial charge is 0.00262 e. The molecule has 0 bridgehead atoms. The monoisotopic (exact) mass is 534 g/mol. The summed E-state index contributed by atoms with van der Waals surface area (Å²) in [4.78, 5) is 0. The van der Waals surface area contributed by atoms with Gasteiger partial charge in [-0.1, -0.05) is 146 Å². The molecular weight excluding hydrogens is 504 g/mol. The van der Waals surface area contributed by atoms with Crippen molar-refractivity contribution in [3.63, 3.8) is 0 Å². The summed E-state index contributed by atoms with van der Waals surface area (Å²) >= 11 is 0. The zero-order valence-corrected chi connectivity index (χ0v) is 23.4. The van der Waals surface area contributed by atoms with Crippen molar-refractivity contribution in [1.29, 1.82) is 0 Å². The van der Waals surface area contributed by atoms with Gasteiger partial charge in [0.05, 0.1) is 0 Å². The van der Waals surface area contributed by atoms with E-state index in [0.717, 1.165) is 12.8 Å². The first-order valence-electron chi connectivity index (χ1n) is 14.8. The van der Waals surface area contributed by atoms with Gasteiger partial charge in [-0.2, -0.15) is 0 Å². The molecule has 198 valence electrons. The summed E-state index contributed by atoms with van der Waals surface area (Å²) < 4.78 is 0. The predicted octanol–water partition coefficient (Wildman–Crippen LogP) is 11.9. The van der Waals surface area contributed by atoms with E-state index >= 15 is 0 Å². The van der Waals surface area contributed by atoms with Crippen molar-refractivity contribution < 1.29 is 0 Å². The Hall–Kier alpha value is -5.20. The molecule has 0 fully saturated rings. The molecule has 0 N–H and O–H groups in total. The standard InChI is InChI=1S/C42H30/c1-2-11-29(12-3-1)34-15-10-16-35(27-34)31-21-24-32(25-22-31)41-37-17-6-8-19-39(37)42(40-20-9-7-18-38(40)41)36-26-23-30-13-4-5-14-33(30)28-36/h2,4-28H,1,3H2. The zero-order valence-electron chi connectivity index (χ0n) is 23.4. The Labute approximate surface area is 246 Å². The molecule has 0 atom stereocenters. The summed E-state index contributed by atoms with van der Waals surface area (Å²) in [6.07, 6.45) is 9.13. The normalized spacial score (nSPS) is 13.1. The van der Waals surface area contributed by atoms with Gasteiger partial charge in [-0.25, -0.2) is 0 Å². The molecule has 0 nitrogen and oxygen atoms in total. The second kappa shape index (κ2) is 10.3. The molecule has 1 aliphatic rings. The lowest BCUT2D eigenvalue weighted by molar-refractivity contribution is 1.04. The highest BCUT2D eigenvalue weighted by atomic mass is 14.2. The van der Waals surface area contributed by atoms with Gasteiger partial charge in [-0.15, -0.1) is 0 Å². The molecular formula is C42H30. The Balaban J connectivity index is 1.28. The van der Waals surface area contributed by atoms with E-state index < -0.39 is 0 Å². The van der Waals surface area contributed by atoms with Crippen LogP contribution in [0.15, 0.2) is 158 Å². The van der Waals surface area contributed by atoms with E-state index in [9.17, 15) is 0 Å². The van der Waals surface area contributed by atoms with E-state index in [2.05, 4.69) is 158 Å². The average Bonchev–Trinajstić information content (AvgIpc) is 3.07. The molecule has 0 aromatic heterocycles. The number of hydrogen-bond acceptors (Lipinski definition) is 0. The summed E-state index contributed by atoms with van der Waals surface area (Å²) in [5, 5.41) is 7.67. The Morgan fingerprint density at radius 3 is 1.60 bits per heavy atom. The number of fused-ring (bicyclic) bond motifs is 3. The fourth-order valence-electron chi connectivity index (χ4n) is 6.63. The van der Waals surface area contributed by atoms with Crippen molar-refractivity contribution >= 4 is 37.9 Å². The maximum Gasteiger partial charge on any atom is -0.00262 e. The van der Waals surface area contributed by atoms with Crippen LogP contribution in [0.25, 0.3) is 71.3 Å². The zero-order chi connectivity index (χ0) is 27.9. The van der Waals surface area contributed by atoms with Crippen LogP contribution in [0.4, 0.5) is 0 Å². The Kier molecular flexibility index (Phi) is 6.04. The minimum absolute atomic E-state index is 1.12. The van der Waals surface area contributed by atoms with Crippen molar-refractivity contribution in [2.45, 2.75) is 12.8 Å². The van der Waals surface area contributed by atoms with Gasteiger partial charge in [0.15, 0.2) is 0 Å². The van der Waals surface area contributed by atoms with Crippen LogP contribution in [0.1, 0.15) is 18.4 Å². The second-order valence-corrected chi connectivity index (χ2v) is 11.2. The van der Waals surface area contributed by atoms with Crippen LogP contribution in [0.3, 0.4) is 0 Å². The molecule has 0 unspecified atom stereocenters. The van der Waals surface area contributed by atoms with E-state index in [1.165, 1.54) is 76.8 Å². The van der Waals surface area contributed by atoms with Gasteiger partial charge in [-0.05, 0) is 102 Å². The molecule has 0 saturated carbocycles. The lowest BCUT2D eigenvalue weighted by Gasteiger charge is -2.18. The van der Waals surface area contributed by atoms with Crippen molar-refractivity contribution in [3.05, 3.63) is 163 Å². The van der Waals surface area contributed by atoms with Crippen LogP contribution in [0.2, 0.25) is 0 Å². The molecule has 0 heterocycles. The second-order valence-electron chi connectivity index (χ2n) is 11.2. The summed E-state index contributed by atoms with van der Waals surface area (Å²) in [7, 11) is 0. The first kappa shape index (κ1) is 24.6. The molecule has 0 saturated heterocycles. The van der Waals surface area contributed by atoms with Crippen molar-refractivity contribution in [2.24, 2.45) is 0 Å². The molecule has 1 aliphatic carbocycles. The third-order valence-electron chi connectivity index (χ3n) is 8.67. The third-order valence-corrected chi connectivity index (χ3v) is 8.67. The van der Waals surface area contributed by atoms with E-state index in [-0.39, 0.29) is 0 Å². The lowest BCUT2D eigenvalue weighted by atomic mass is 9.85. The number of rotatable bonds is 4. The van der Waals surface area contributed by atoms with Crippen LogP contribution in [-0.4, -0.2) is 0 Å². The fraction of sp³-hybridized carbons (Fsp3) is 0.0476. The third kappa shape index (κ3) is 4.24. The van der Waals surface area contributed by atoms with Gasteiger partial charge < -0.3 is 0 Å². The molecule has 0 heteroatoms. The van der Waals surface area contributed by atoms with E-state index in [1.54, 1.807) is 0 Å². The van der Waals surface area contributed by atoms with E-state index in [4.69, 9.17) is 0 Å². The average molecular weight is 535 g/mol. The van der Waals surface area contributed by atoms with Crippen LogP contribution in [0, 0.1) is 0 Å². The first-order valence-corrected chi connectivity index (χ1v) is 14.8. The van der Waals surface area contributed by atoms with E-state index in [1.807, 2.05) is 0 Å². The Morgan fingerprint density at radius 1 is 0.357 bits per heavy atom. The molecule has 7 aromatic rings. The first-order chi connectivity index (χ1) is 20.8. The van der Waals surface area contributed by atoms with Crippen LogP contribution >= 0.6 is 0 Å². The molecule has 0 aliphatic heterocycles. The quantitative estimate of drug-likeness (QED) is 0.197. The molecule has 0 spiro atoms. The number of hydrogen-bond donors (Lipinski definition) is 0. The summed E-state index contributed by atoms with van der Waals surface area (Å²) in [5.41, 5.74) is 10.2. The Bertz CT molecular complexity index is 2120. The minimum Gasteiger partial charge on any atom is -0.0836 e. The summed E-state index contributed by atoms with van der Waals surface area (Å²) in [6.45, 7) is 0. The Morgan fingerprint density at radius 2 is 0.929 bits per heavy atom. The fourth-order valence-corrected chi connectivity index (χ4v) is 6.63. The molecule has 7 aromatic carbocycles. The van der Waals surface area contributed by atoms with Crippen LogP contribution < -0.4 is 0 Å². The van der Waals surface area contributed by atoms with Crippen molar-refractivity contribution in [3.8, 4) is 33.4 Å². The highest BCUT2D eigenvalue weighted by molar-refractivity contribution is 6.21. The van der Waals surface area contributed by atoms with Gasteiger partial charge in [0.2, 0.25) is 0 Å². The van der Waals surface area contributed by atoms with Crippen LogP contribution in [0.5, 0.6) is 0 Å². The predicted molar refractivity (Wildman–Crippen MR) is 182 cm³/mol. The van der Waals surface area contributed by atoms with E-state index in [0.29, 0.717) is 0 Å². The minimum atomic E-state index is 1.12. The van der Waals surface area contributed by atoms with Gasteiger partial charge in [0, 0.05) is 0 Å². The van der Waals surface area contributed by atoms with Crippen molar-refractivity contribution in [2.75, 3.05) is 0 Å². The lowest BCUT2D eigenvalue weighted by Crippen LogP contribution is -1.91. The van der Waals surface area contributed by atoms with Gasteiger partial charge in [-0.3, -0.25) is 0 Å². The maximum atomic E-state index is 2.35. The van der Waals surface area contributed by atoms with Crippen LogP contribution in [-0.2, 0) is 0 Å². The van der Waals surface area contributed by atoms with Crippen molar-refractivity contribution in [1.82, 2.24) is 0 Å².